The molecule has 0 unspecified atom stereocenters. The predicted molar refractivity (Wildman–Crippen MR) is 76.4 cm³/mol. The van der Waals surface area contributed by atoms with Crippen LogP contribution >= 0.6 is 11.3 Å². The Hall–Kier alpha value is -2.35. The Labute approximate surface area is 124 Å². The lowest BCUT2D eigenvalue weighted by atomic mass is 10.1. The number of carboxylic acid groups (broad SMARTS) is 1. The number of hydrogen-bond donors (Lipinski definition) is 2. The fraction of sp³-hybridized carbons (Fsp3) is 0.308. The smallest absolute Gasteiger partial charge is 0.339 e. The monoisotopic (exact) mass is 310 g/mol. The second-order valence-electron chi connectivity index (χ2n) is 4.19. The van der Waals surface area contributed by atoms with E-state index in [9.17, 15) is 14.7 Å². The van der Waals surface area contributed by atoms with E-state index < -0.39 is 11.9 Å². The van der Waals surface area contributed by atoms with Crippen molar-refractivity contribution >= 4 is 28.2 Å². The van der Waals surface area contributed by atoms with Crippen LogP contribution in [-0.2, 0) is 6.42 Å². The third kappa shape index (κ3) is 2.89. The molecule has 112 valence electrons. The van der Waals surface area contributed by atoms with Crippen LogP contribution in [0.25, 0.3) is 0 Å². The van der Waals surface area contributed by atoms with Crippen LogP contribution in [0.4, 0.5) is 5.00 Å². The first-order valence-electron chi connectivity index (χ1n) is 6.15. The predicted octanol–water partition coefficient (Wildman–Crippen LogP) is 2.57. The third-order valence-corrected chi connectivity index (χ3v) is 3.99. The molecule has 0 saturated heterocycles. The molecule has 2 N–H and O–H groups in total. The maximum atomic E-state index is 12.0. The molecule has 0 spiro atoms. The quantitative estimate of drug-likeness (QED) is 0.880. The van der Waals surface area contributed by atoms with E-state index in [1.807, 2.05) is 13.8 Å². The number of rotatable bonds is 5. The molecule has 2 heterocycles. The summed E-state index contributed by atoms with van der Waals surface area (Å²) in [7, 11) is 1.40. The lowest BCUT2D eigenvalue weighted by molar-refractivity contribution is 0.0697. The summed E-state index contributed by atoms with van der Waals surface area (Å²) in [5.41, 5.74) is 0.845. The number of aromatic nitrogens is 1. The molecule has 0 aliphatic rings. The van der Waals surface area contributed by atoms with Crippen LogP contribution in [0.1, 0.15) is 38.3 Å². The zero-order valence-electron chi connectivity index (χ0n) is 11.7. The van der Waals surface area contributed by atoms with Crippen LogP contribution in [0, 0.1) is 6.92 Å². The summed E-state index contributed by atoms with van der Waals surface area (Å²) in [6.07, 6.45) is 0.579. The lowest BCUT2D eigenvalue weighted by Crippen LogP contribution is -2.13. The van der Waals surface area contributed by atoms with Gasteiger partial charge in [0.05, 0.1) is 18.7 Å². The van der Waals surface area contributed by atoms with E-state index in [2.05, 4.69) is 10.5 Å². The van der Waals surface area contributed by atoms with Crippen molar-refractivity contribution in [3.05, 3.63) is 27.8 Å². The van der Waals surface area contributed by atoms with Gasteiger partial charge in [-0.2, -0.15) is 0 Å². The van der Waals surface area contributed by atoms with Crippen molar-refractivity contribution in [3.63, 3.8) is 0 Å². The first kappa shape index (κ1) is 15.0. The molecule has 0 aliphatic carbocycles. The number of hydrogen-bond acceptors (Lipinski definition) is 6. The highest BCUT2D eigenvalue weighted by Crippen LogP contribution is 2.33. The molecule has 0 bridgehead atoms. The van der Waals surface area contributed by atoms with Crippen LogP contribution < -0.4 is 10.1 Å². The van der Waals surface area contributed by atoms with Crippen molar-refractivity contribution in [2.75, 3.05) is 12.4 Å². The van der Waals surface area contributed by atoms with Crippen LogP contribution in [-0.4, -0.2) is 29.2 Å². The van der Waals surface area contributed by atoms with Crippen LogP contribution in [0.5, 0.6) is 5.88 Å². The van der Waals surface area contributed by atoms with Gasteiger partial charge in [-0.1, -0.05) is 6.92 Å². The molecule has 0 aromatic carbocycles. The second-order valence-corrected chi connectivity index (χ2v) is 5.41. The highest BCUT2D eigenvalue weighted by molar-refractivity contribution is 7.16. The van der Waals surface area contributed by atoms with Gasteiger partial charge in [-0.3, -0.25) is 4.79 Å². The first-order chi connectivity index (χ1) is 9.97. The van der Waals surface area contributed by atoms with E-state index in [0.717, 1.165) is 10.4 Å². The van der Waals surface area contributed by atoms with Gasteiger partial charge in [0, 0.05) is 4.88 Å². The fourth-order valence-electron chi connectivity index (χ4n) is 1.95. The molecule has 1 amide bonds. The molecular weight excluding hydrogens is 296 g/mol. The van der Waals surface area contributed by atoms with E-state index in [4.69, 9.17) is 9.26 Å². The Bertz CT molecular complexity index is 689. The number of carboxylic acids is 1. The second kappa shape index (κ2) is 5.96. The maximum absolute atomic E-state index is 12.0. The van der Waals surface area contributed by atoms with Crippen molar-refractivity contribution in [3.8, 4) is 5.88 Å². The number of anilines is 1. The van der Waals surface area contributed by atoms with E-state index in [0.29, 0.717) is 6.42 Å². The number of nitrogens with zero attached hydrogens (tertiary/aromatic N) is 1. The fourth-order valence-corrected chi connectivity index (χ4v) is 3.08. The summed E-state index contributed by atoms with van der Waals surface area (Å²) in [5.74, 6) is -1.51. The van der Waals surface area contributed by atoms with Gasteiger partial charge in [0.1, 0.15) is 5.00 Å². The molecule has 2 aromatic rings. The zero-order valence-corrected chi connectivity index (χ0v) is 12.5. The van der Waals surface area contributed by atoms with Gasteiger partial charge in [-0.25, -0.2) is 4.79 Å². The average Bonchev–Trinajstić information content (AvgIpc) is 3.02. The molecule has 0 radical (unpaired) electrons. The minimum absolute atomic E-state index is 0.0488. The number of nitrogens with one attached hydrogen (secondary N) is 1. The number of aromatic carboxylic acids is 1. The Morgan fingerprint density at radius 3 is 2.76 bits per heavy atom. The highest BCUT2D eigenvalue weighted by Gasteiger charge is 2.23. The van der Waals surface area contributed by atoms with Gasteiger partial charge < -0.3 is 19.7 Å². The molecular formula is C13H14N2O5S. The summed E-state index contributed by atoms with van der Waals surface area (Å²) < 4.78 is 9.64. The van der Waals surface area contributed by atoms with Crippen molar-refractivity contribution in [2.24, 2.45) is 0 Å². The van der Waals surface area contributed by atoms with Crippen LogP contribution in [0.2, 0.25) is 0 Å². The summed E-state index contributed by atoms with van der Waals surface area (Å²) in [4.78, 5) is 24.3. The van der Waals surface area contributed by atoms with Crippen molar-refractivity contribution in [1.82, 2.24) is 5.16 Å². The highest BCUT2D eigenvalue weighted by atomic mass is 32.1. The van der Waals surface area contributed by atoms with E-state index >= 15 is 0 Å². The molecule has 0 atom stereocenters. The van der Waals surface area contributed by atoms with Gasteiger partial charge in [-0.05, 0) is 24.1 Å². The van der Waals surface area contributed by atoms with Gasteiger partial charge in [0.15, 0.2) is 0 Å². The number of amides is 1. The molecule has 2 rings (SSSR count). The Morgan fingerprint density at radius 1 is 1.52 bits per heavy atom. The SMILES string of the molecule is CCc1c(C)sc(NC(=O)c2cc(OC)no2)c1C(=O)O. The Balaban J connectivity index is 2.31. The van der Waals surface area contributed by atoms with Gasteiger partial charge in [-0.15, -0.1) is 11.3 Å². The van der Waals surface area contributed by atoms with Crippen molar-refractivity contribution in [1.29, 1.82) is 0 Å². The van der Waals surface area contributed by atoms with Crippen molar-refractivity contribution in [2.45, 2.75) is 20.3 Å². The standard InChI is InChI=1S/C13H14N2O5S/c1-4-7-6(2)21-12(10(7)13(17)18)14-11(16)8-5-9(19-3)15-20-8/h5H,4H2,1-3H3,(H,14,16)(H,17,18). The van der Waals surface area contributed by atoms with Crippen LogP contribution in [0.15, 0.2) is 10.6 Å². The number of ether oxygens (including phenoxy) is 1. The lowest BCUT2D eigenvalue weighted by Gasteiger charge is -2.02. The van der Waals surface area contributed by atoms with Crippen molar-refractivity contribution < 1.29 is 24.0 Å². The topological polar surface area (TPSA) is 102 Å². The summed E-state index contributed by atoms with van der Waals surface area (Å²) in [5, 5.41) is 15.7. The van der Waals surface area contributed by atoms with Gasteiger partial charge in [0.2, 0.25) is 5.76 Å². The molecule has 0 fully saturated rings. The molecule has 2 aromatic heterocycles. The average molecular weight is 310 g/mol. The maximum Gasteiger partial charge on any atom is 0.339 e. The number of carbonyl (C=O) groups excluding carboxylic acids is 1. The normalized spacial score (nSPS) is 10.4. The summed E-state index contributed by atoms with van der Waals surface area (Å²) in [6, 6.07) is 1.33. The number of carbonyl (C=O) groups is 2. The zero-order chi connectivity index (χ0) is 15.6. The molecule has 0 aliphatic heterocycles. The minimum Gasteiger partial charge on any atom is -0.479 e. The van der Waals surface area contributed by atoms with E-state index in [1.54, 1.807) is 0 Å². The Kier molecular flexibility index (Phi) is 4.27. The van der Waals surface area contributed by atoms with Gasteiger partial charge >= 0.3 is 5.97 Å². The number of methoxy groups -OCH3 is 1. The minimum atomic E-state index is -1.07. The largest absolute Gasteiger partial charge is 0.479 e. The Morgan fingerprint density at radius 2 is 2.24 bits per heavy atom. The molecule has 7 nitrogen and oxygen atoms in total. The van der Waals surface area contributed by atoms with E-state index in [1.165, 1.54) is 24.5 Å². The molecule has 0 saturated carbocycles. The number of thiophene rings is 1. The molecule has 21 heavy (non-hydrogen) atoms. The van der Waals surface area contributed by atoms with Gasteiger partial charge in [0.25, 0.3) is 11.8 Å². The first-order valence-corrected chi connectivity index (χ1v) is 6.97. The molecule has 8 heteroatoms. The summed E-state index contributed by atoms with van der Waals surface area (Å²) in [6.45, 7) is 3.69. The third-order valence-electron chi connectivity index (χ3n) is 2.92. The van der Waals surface area contributed by atoms with E-state index in [-0.39, 0.29) is 22.2 Å². The summed E-state index contributed by atoms with van der Waals surface area (Å²) >= 11 is 1.22. The van der Waals surface area contributed by atoms with Crippen LogP contribution in [0.3, 0.4) is 0 Å². The number of aryl methyl sites for hydroxylation is 1.